The minimum Gasteiger partial charge on any atom is -0.393 e. The first-order valence-corrected chi connectivity index (χ1v) is 5.57. The van der Waals surface area contributed by atoms with E-state index in [1.807, 2.05) is 13.0 Å². The first-order chi connectivity index (χ1) is 8.43. The Bertz CT molecular complexity index is 480. The number of hydrogen-bond acceptors (Lipinski definition) is 5. The van der Waals surface area contributed by atoms with Gasteiger partial charge in [-0.1, -0.05) is 0 Å². The van der Waals surface area contributed by atoms with Crippen molar-refractivity contribution in [2.75, 3.05) is 5.32 Å². The fraction of sp³-hybridized carbons (Fsp3) is 0.417. The lowest BCUT2D eigenvalue weighted by Crippen LogP contribution is -2.21. The van der Waals surface area contributed by atoms with Gasteiger partial charge in [-0.2, -0.15) is 5.26 Å². The third kappa shape index (κ3) is 3.71. The molecule has 0 amide bonds. The summed E-state index contributed by atoms with van der Waals surface area (Å²) >= 11 is 0. The molecule has 96 valence electrons. The van der Waals surface area contributed by atoms with E-state index < -0.39 is 11.0 Å². The summed E-state index contributed by atoms with van der Waals surface area (Å²) < 4.78 is 0. The van der Waals surface area contributed by atoms with Crippen molar-refractivity contribution in [3.63, 3.8) is 0 Å². The molecule has 0 aliphatic rings. The zero-order valence-electron chi connectivity index (χ0n) is 10.3. The molecule has 0 fully saturated rings. The van der Waals surface area contributed by atoms with E-state index in [2.05, 4.69) is 5.32 Å². The number of aliphatic hydroxyl groups is 1. The van der Waals surface area contributed by atoms with Crippen molar-refractivity contribution in [2.24, 2.45) is 0 Å². The van der Waals surface area contributed by atoms with Crippen molar-refractivity contribution in [3.8, 4) is 6.07 Å². The Hall–Kier alpha value is -2.13. The van der Waals surface area contributed by atoms with E-state index in [-0.39, 0.29) is 11.7 Å². The van der Waals surface area contributed by atoms with E-state index in [1.54, 1.807) is 6.92 Å². The fourth-order valence-corrected chi connectivity index (χ4v) is 1.72. The summed E-state index contributed by atoms with van der Waals surface area (Å²) in [7, 11) is 0. The average Bonchev–Trinajstić information content (AvgIpc) is 2.27. The van der Waals surface area contributed by atoms with E-state index in [1.165, 1.54) is 18.2 Å². The highest BCUT2D eigenvalue weighted by Gasteiger charge is 2.16. The first-order valence-electron chi connectivity index (χ1n) is 5.57. The topological polar surface area (TPSA) is 99.2 Å². The molecule has 0 heterocycles. The third-order valence-electron chi connectivity index (χ3n) is 2.42. The summed E-state index contributed by atoms with van der Waals surface area (Å²) in [5, 5.41) is 31.8. The van der Waals surface area contributed by atoms with Crippen LogP contribution in [0.5, 0.6) is 0 Å². The van der Waals surface area contributed by atoms with Gasteiger partial charge in [-0.15, -0.1) is 0 Å². The van der Waals surface area contributed by atoms with Crippen LogP contribution in [0.3, 0.4) is 0 Å². The van der Waals surface area contributed by atoms with E-state index in [0.29, 0.717) is 17.7 Å². The molecule has 0 radical (unpaired) electrons. The summed E-state index contributed by atoms with van der Waals surface area (Å²) in [4.78, 5) is 10.4. The molecule has 1 aromatic carbocycles. The zero-order valence-corrected chi connectivity index (χ0v) is 10.3. The summed E-state index contributed by atoms with van der Waals surface area (Å²) in [6, 6.07) is 5.96. The van der Waals surface area contributed by atoms with Crippen LogP contribution in [0.2, 0.25) is 0 Å². The van der Waals surface area contributed by atoms with E-state index in [0.717, 1.165) is 0 Å². The quantitative estimate of drug-likeness (QED) is 0.614. The molecule has 0 aliphatic carbocycles. The molecule has 2 unspecified atom stereocenters. The lowest BCUT2D eigenvalue weighted by molar-refractivity contribution is -0.384. The van der Waals surface area contributed by atoms with Crippen LogP contribution in [0.4, 0.5) is 11.4 Å². The third-order valence-corrected chi connectivity index (χ3v) is 2.42. The second-order valence-electron chi connectivity index (χ2n) is 4.23. The summed E-state index contributed by atoms with van der Waals surface area (Å²) in [5.74, 6) is 0. The second kappa shape index (κ2) is 5.98. The maximum atomic E-state index is 10.9. The van der Waals surface area contributed by atoms with E-state index in [4.69, 9.17) is 5.26 Å². The van der Waals surface area contributed by atoms with Crippen LogP contribution in [0.25, 0.3) is 0 Å². The highest BCUT2D eigenvalue weighted by Crippen LogP contribution is 2.26. The van der Waals surface area contributed by atoms with Gasteiger partial charge in [0.05, 0.1) is 22.7 Å². The normalized spacial score (nSPS) is 13.4. The Morgan fingerprint density at radius 2 is 2.22 bits per heavy atom. The van der Waals surface area contributed by atoms with Crippen molar-refractivity contribution in [2.45, 2.75) is 32.4 Å². The number of nitro benzene ring substituents is 1. The number of nitrogens with one attached hydrogen (secondary N) is 1. The molecule has 0 aliphatic heterocycles. The number of nitrogens with zero attached hydrogens (tertiary/aromatic N) is 2. The molecule has 0 saturated heterocycles. The maximum Gasteiger partial charge on any atom is 0.292 e. The van der Waals surface area contributed by atoms with Crippen molar-refractivity contribution in [1.29, 1.82) is 5.26 Å². The smallest absolute Gasteiger partial charge is 0.292 e. The highest BCUT2D eigenvalue weighted by atomic mass is 16.6. The van der Waals surface area contributed by atoms with Crippen LogP contribution in [0.15, 0.2) is 18.2 Å². The van der Waals surface area contributed by atoms with Crippen LogP contribution in [-0.2, 0) is 0 Å². The standard InChI is InChI=1S/C12H15N3O3/c1-8(5-9(2)16)14-11-6-10(7-13)3-4-12(11)15(17)18/h3-4,6,8-9,14,16H,5H2,1-2H3. The maximum absolute atomic E-state index is 10.9. The van der Waals surface area contributed by atoms with Gasteiger partial charge in [-0.05, 0) is 32.4 Å². The Balaban J connectivity index is 2.98. The van der Waals surface area contributed by atoms with Gasteiger partial charge in [-0.3, -0.25) is 10.1 Å². The molecule has 0 saturated carbocycles. The van der Waals surface area contributed by atoms with Crippen molar-refractivity contribution in [1.82, 2.24) is 0 Å². The SMILES string of the molecule is CC(O)CC(C)Nc1cc(C#N)ccc1[N+](=O)[O-]. The molecule has 0 aromatic heterocycles. The van der Waals surface area contributed by atoms with Crippen LogP contribution in [-0.4, -0.2) is 22.2 Å². The zero-order chi connectivity index (χ0) is 13.7. The second-order valence-corrected chi connectivity index (χ2v) is 4.23. The van der Waals surface area contributed by atoms with Crippen molar-refractivity contribution < 1.29 is 10.0 Å². The Morgan fingerprint density at radius 3 is 2.72 bits per heavy atom. The van der Waals surface area contributed by atoms with Crippen LogP contribution in [0, 0.1) is 21.4 Å². The molecule has 6 nitrogen and oxygen atoms in total. The Morgan fingerprint density at radius 1 is 1.56 bits per heavy atom. The van der Waals surface area contributed by atoms with Gasteiger partial charge < -0.3 is 10.4 Å². The number of hydrogen-bond donors (Lipinski definition) is 2. The lowest BCUT2D eigenvalue weighted by atomic mass is 10.1. The Kier molecular flexibility index (Phi) is 4.63. The molecule has 6 heteroatoms. The summed E-state index contributed by atoms with van der Waals surface area (Å²) in [5.41, 5.74) is 0.575. The van der Waals surface area contributed by atoms with Crippen LogP contribution in [0.1, 0.15) is 25.8 Å². The molecule has 0 bridgehead atoms. The predicted molar refractivity (Wildman–Crippen MR) is 67.2 cm³/mol. The molecule has 1 aromatic rings. The predicted octanol–water partition coefficient (Wildman–Crippen LogP) is 2.04. The number of rotatable bonds is 5. The number of nitriles is 1. The fourth-order valence-electron chi connectivity index (χ4n) is 1.72. The van der Waals surface area contributed by atoms with E-state index in [9.17, 15) is 15.2 Å². The number of nitro groups is 1. The highest BCUT2D eigenvalue weighted by molar-refractivity contribution is 5.64. The van der Waals surface area contributed by atoms with Gasteiger partial charge in [0.1, 0.15) is 5.69 Å². The first kappa shape index (κ1) is 13.9. The number of aliphatic hydroxyl groups excluding tert-OH is 1. The Labute approximate surface area is 105 Å². The summed E-state index contributed by atoms with van der Waals surface area (Å²) in [6.07, 6.45) is -0.0285. The number of anilines is 1. The van der Waals surface area contributed by atoms with Gasteiger partial charge in [0.15, 0.2) is 0 Å². The molecule has 0 spiro atoms. The van der Waals surface area contributed by atoms with E-state index >= 15 is 0 Å². The molecule has 18 heavy (non-hydrogen) atoms. The molecular formula is C12H15N3O3. The summed E-state index contributed by atoms with van der Waals surface area (Å²) in [6.45, 7) is 3.47. The van der Waals surface area contributed by atoms with Gasteiger partial charge in [0.2, 0.25) is 0 Å². The minimum atomic E-state index is -0.501. The van der Waals surface area contributed by atoms with Crippen LogP contribution >= 0.6 is 0 Å². The molecule has 2 atom stereocenters. The van der Waals surface area contributed by atoms with Gasteiger partial charge in [0, 0.05) is 12.1 Å². The lowest BCUT2D eigenvalue weighted by Gasteiger charge is -2.16. The monoisotopic (exact) mass is 249 g/mol. The minimum absolute atomic E-state index is 0.0774. The van der Waals surface area contributed by atoms with Gasteiger partial charge in [0.25, 0.3) is 5.69 Å². The van der Waals surface area contributed by atoms with Crippen molar-refractivity contribution >= 4 is 11.4 Å². The largest absolute Gasteiger partial charge is 0.393 e. The van der Waals surface area contributed by atoms with Crippen molar-refractivity contribution in [3.05, 3.63) is 33.9 Å². The van der Waals surface area contributed by atoms with Crippen LogP contribution < -0.4 is 5.32 Å². The van der Waals surface area contributed by atoms with Gasteiger partial charge >= 0.3 is 0 Å². The molecular weight excluding hydrogens is 234 g/mol. The molecule has 1 rings (SSSR count). The van der Waals surface area contributed by atoms with Gasteiger partial charge in [-0.25, -0.2) is 0 Å². The number of benzene rings is 1. The average molecular weight is 249 g/mol. The molecule has 2 N–H and O–H groups in total.